The highest BCUT2D eigenvalue weighted by Gasteiger charge is 2.16. The second kappa shape index (κ2) is 6.20. The van der Waals surface area contributed by atoms with Crippen LogP contribution >= 0.6 is 11.6 Å². The van der Waals surface area contributed by atoms with Crippen LogP contribution in [0.5, 0.6) is 0 Å². The predicted octanol–water partition coefficient (Wildman–Crippen LogP) is 3.70. The van der Waals surface area contributed by atoms with Gasteiger partial charge in [-0.2, -0.15) is 0 Å². The van der Waals surface area contributed by atoms with Crippen molar-refractivity contribution in [1.29, 1.82) is 0 Å². The Morgan fingerprint density at radius 2 is 1.68 bits per heavy atom. The van der Waals surface area contributed by atoms with E-state index in [1.54, 1.807) is 0 Å². The summed E-state index contributed by atoms with van der Waals surface area (Å²) in [5, 5.41) is 0.786. The zero-order chi connectivity index (χ0) is 13.8. The minimum Gasteiger partial charge on any atom is -0.271 e. The van der Waals surface area contributed by atoms with Crippen molar-refractivity contribution in [3.63, 3.8) is 0 Å². The van der Waals surface area contributed by atoms with Gasteiger partial charge in [-0.3, -0.25) is 11.3 Å². The van der Waals surface area contributed by atoms with Gasteiger partial charge in [-0.25, -0.2) is 0 Å². The molecule has 1 unspecified atom stereocenters. The summed E-state index contributed by atoms with van der Waals surface area (Å²) >= 11 is 6.22. The number of halogens is 1. The van der Waals surface area contributed by atoms with Crippen molar-refractivity contribution in [3.8, 4) is 0 Å². The lowest BCUT2D eigenvalue weighted by atomic mass is 9.92. The number of aryl methyl sites for hydroxylation is 2. The fourth-order valence-electron chi connectivity index (χ4n) is 2.51. The van der Waals surface area contributed by atoms with Crippen molar-refractivity contribution in [2.24, 2.45) is 5.84 Å². The first-order valence-electron chi connectivity index (χ1n) is 6.39. The molecular weight excluding hydrogens is 256 g/mol. The first-order valence-corrected chi connectivity index (χ1v) is 6.77. The summed E-state index contributed by atoms with van der Waals surface area (Å²) in [5.41, 5.74) is 7.77. The van der Waals surface area contributed by atoms with Crippen molar-refractivity contribution < 1.29 is 0 Å². The van der Waals surface area contributed by atoms with Gasteiger partial charge in [-0.15, -0.1) is 0 Å². The zero-order valence-electron chi connectivity index (χ0n) is 11.3. The van der Waals surface area contributed by atoms with E-state index in [4.69, 9.17) is 17.4 Å². The van der Waals surface area contributed by atoms with Crippen LogP contribution in [0.1, 0.15) is 28.3 Å². The third-order valence-corrected chi connectivity index (χ3v) is 3.84. The molecule has 0 saturated carbocycles. The van der Waals surface area contributed by atoms with Gasteiger partial charge in [0.05, 0.1) is 6.04 Å². The van der Waals surface area contributed by atoms with Crippen LogP contribution in [0.15, 0.2) is 42.5 Å². The van der Waals surface area contributed by atoms with E-state index in [-0.39, 0.29) is 6.04 Å². The fraction of sp³-hybridized carbons (Fsp3) is 0.250. The first-order chi connectivity index (χ1) is 9.13. The molecule has 2 aromatic rings. The third kappa shape index (κ3) is 3.16. The summed E-state index contributed by atoms with van der Waals surface area (Å²) in [7, 11) is 0. The number of rotatable bonds is 4. The molecule has 19 heavy (non-hydrogen) atoms. The molecule has 0 fully saturated rings. The number of benzene rings is 2. The van der Waals surface area contributed by atoms with Gasteiger partial charge in [0.1, 0.15) is 0 Å². The van der Waals surface area contributed by atoms with Gasteiger partial charge < -0.3 is 0 Å². The Hall–Kier alpha value is -1.35. The number of hydrazine groups is 1. The van der Waals surface area contributed by atoms with Gasteiger partial charge >= 0.3 is 0 Å². The monoisotopic (exact) mass is 274 g/mol. The van der Waals surface area contributed by atoms with Gasteiger partial charge in [0.15, 0.2) is 0 Å². The minimum atomic E-state index is 0.0705. The van der Waals surface area contributed by atoms with Crippen molar-refractivity contribution in [3.05, 3.63) is 69.7 Å². The Morgan fingerprint density at radius 1 is 1.05 bits per heavy atom. The predicted molar refractivity (Wildman–Crippen MR) is 81.1 cm³/mol. The Balaban J connectivity index is 2.34. The van der Waals surface area contributed by atoms with Crippen molar-refractivity contribution >= 4 is 11.6 Å². The van der Waals surface area contributed by atoms with Gasteiger partial charge in [0.25, 0.3) is 0 Å². The molecule has 0 heterocycles. The lowest BCUT2D eigenvalue weighted by Crippen LogP contribution is -2.30. The van der Waals surface area contributed by atoms with Crippen LogP contribution in [0, 0.1) is 13.8 Å². The fourth-order valence-corrected chi connectivity index (χ4v) is 2.72. The van der Waals surface area contributed by atoms with Gasteiger partial charge in [-0.1, -0.05) is 48.0 Å². The van der Waals surface area contributed by atoms with E-state index in [0.717, 1.165) is 17.0 Å². The highest BCUT2D eigenvalue weighted by Crippen LogP contribution is 2.27. The molecule has 0 radical (unpaired) electrons. The highest BCUT2D eigenvalue weighted by atomic mass is 35.5. The second-order valence-corrected chi connectivity index (χ2v) is 5.23. The largest absolute Gasteiger partial charge is 0.271 e. The van der Waals surface area contributed by atoms with E-state index in [1.807, 2.05) is 24.3 Å². The zero-order valence-corrected chi connectivity index (χ0v) is 12.0. The average Bonchev–Trinajstić information content (AvgIpc) is 2.39. The smallest absolute Gasteiger partial charge is 0.0506 e. The first kappa shape index (κ1) is 14.1. The Morgan fingerprint density at radius 3 is 2.26 bits per heavy atom. The second-order valence-electron chi connectivity index (χ2n) is 4.82. The molecule has 1 atom stereocenters. The topological polar surface area (TPSA) is 38.0 Å². The van der Waals surface area contributed by atoms with E-state index in [9.17, 15) is 0 Å². The molecule has 2 rings (SSSR count). The van der Waals surface area contributed by atoms with Gasteiger partial charge in [0.2, 0.25) is 0 Å². The molecule has 0 aliphatic carbocycles. The normalized spacial score (nSPS) is 12.4. The maximum atomic E-state index is 6.22. The maximum Gasteiger partial charge on any atom is 0.0506 e. The molecule has 3 N–H and O–H groups in total. The molecule has 0 aromatic heterocycles. The summed E-state index contributed by atoms with van der Waals surface area (Å²) in [5.74, 6) is 5.75. The lowest BCUT2D eigenvalue weighted by Gasteiger charge is -2.21. The third-order valence-electron chi connectivity index (χ3n) is 3.47. The van der Waals surface area contributed by atoms with Crippen molar-refractivity contribution in [1.82, 2.24) is 5.43 Å². The molecule has 3 heteroatoms. The van der Waals surface area contributed by atoms with Crippen LogP contribution in [-0.4, -0.2) is 0 Å². The summed E-state index contributed by atoms with van der Waals surface area (Å²) in [6.45, 7) is 4.22. The van der Waals surface area contributed by atoms with Gasteiger partial charge in [-0.05, 0) is 48.6 Å². The molecule has 0 amide bonds. The summed E-state index contributed by atoms with van der Waals surface area (Å²) in [6, 6.07) is 14.3. The molecule has 2 nitrogen and oxygen atoms in total. The van der Waals surface area contributed by atoms with Crippen LogP contribution in [0.4, 0.5) is 0 Å². The summed E-state index contributed by atoms with van der Waals surface area (Å²) < 4.78 is 0. The number of hydrogen-bond acceptors (Lipinski definition) is 2. The molecule has 0 aliphatic heterocycles. The van der Waals surface area contributed by atoms with Crippen molar-refractivity contribution in [2.45, 2.75) is 26.3 Å². The lowest BCUT2D eigenvalue weighted by molar-refractivity contribution is 0.547. The highest BCUT2D eigenvalue weighted by molar-refractivity contribution is 6.31. The van der Waals surface area contributed by atoms with E-state index < -0.39 is 0 Å². The molecule has 100 valence electrons. The number of nitrogens with one attached hydrogen (secondary N) is 1. The van der Waals surface area contributed by atoms with Crippen LogP contribution in [0.2, 0.25) is 5.02 Å². The van der Waals surface area contributed by atoms with Gasteiger partial charge in [0, 0.05) is 5.02 Å². The molecule has 0 saturated heterocycles. The van der Waals surface area contributed by atoms with E-state index >= 15 is 0 Å². The van der Waals surface area contributed by atoms with Crippen LogP contribution in [0.3, 0.4) is 0 Å². The summed E-state index contributed by atoms with van der Waals surface area (Å²) in [4.78, 5) is 0. The van der Waals surface area contributed by atoms with E-state index in [0.29, 0.717) is 0 Å². The Labute approximate surface area is 119 Å². The molecule has 2 aromatic carbocycles. The standard InChI is InChI=1S/C16H19ClN2/c1-11-6-5-7-12(2)16(11)15(19-18)10-13-8-3-4-9-14(13)17/h3-9,15,19H,10,18H2,1-2H3. The average molecular weight is 275 g/mol. The quantitative estimate of drug-likeness (QED) is 0.659. The Kier molecular flexibility index (Phi) is 4.59. The Bertz CT molecular complexity index is 546. The molecule has 0 bridgehead atoms. The summed E-state index contributed by atoms with van der Waals surface area (Å²) in [6.07, 6.45) is 0.780. The van der Waals surface area contributed by atoms with Crippen molar-refractivity contribution in [2.75, 3.05) is 0 Å². The minimum absolute atomic E-state index is 0.0705. The van der Waals surface area contributed by atoms with Crippen LogP contribution in [-0.2, 0) is 6.42 Å². The van der Waals surface area contributed by atoms with Crippen LogP contribution in [0.25, 0.3) is 0 Å². The maximum absolute atomic E-state index is 6.22. The number of nitrogens with two attached hydrogens (primary N) is 1. The molecular formula is C16H19ClN2. The molecule has 0 spiro atoms. The van der Waals surface area contributed by atoms with Crippen LogP contribution < -0.4 is 11.3 Å². The van der Waals surface area contributed by atoms with E-state index in [2.05, 4.69) is 37.5 Å². The van der Waals surface area contributed by atoms with E-state index in [1.165, 1.54) is 16.7 Å². The SMILES string of the molecule is Cc1cccc(C)c1C(Cc1ccccc1Cl)NN. The molecule has 0 aliphatic rings. The number of hydrogen-bond donors (Lipinski definition) is 2.